The van der Waals surface area contributed by atoms with Crippen LogP contribution in [0.25, 0.3) is 0 Å². The van der Waals surface area contributed by atoms with Gasteiger partial charge in [0.2, 0.25) is 5.91 Å². The molecule has 2 rings (SSSR count). The molecule has 0 bridgehead atoms. The predicted molar refractivity (Wildman–Crippen MR) is 90.9 cm³/mol. The van der Waals surface area contributed by atoms with E-state index in [2.05, 4.69) is 5.32 Å². The van der Waals surface area contributed by atoms with Gasteiger partial charge in [0.25, 0.3) is 0 Å². The molecule has 2 aromatic carbocycles. The van der Waals surface area contributed by atoms with E-state index >= 15 is 0 Å². The average Bonchev–Trinajstić information content (AvgIpc) is 2.59. The van der Waals surface area contributed by atoms with Gasteiger partial charge in [-0.15, -0.1) is 0 Å². The first-order valence-corrected chi connectivity index (χ1v) is 8.01. The van der Waals surface area contributed by atoms with Crippen LogP contribution in [0.5, 0.6) is 0 Å². The van der Waals surface area contributed by atoms with E-state index in [1.807, 2.05) is 30.3 Å². The zero-order chi connectivity index (χ0) is 18.4. The fraction of sp³-hybridized carbons (Fsp3) is 0.316. The van der Waals surface area contributed by atoms with Gasteiger partial charge in [0.15, 0.2) is 0 Å². The maximum atomic E-state index is 12.6. The second-order valence-electron chi connectivity index (χ2n) is 6.05. The van der Waals surface area contributed by atoms with Crippen LogP contribution in [0.15, 0.2) is 54.6 Å². The molecule has 0 radical (unpaired) electrons. The van der Waals surface area contributed by atoms with Crippen LogP contribution in [0.4, 0.5) is 13.2 Å². The maximum absolute atomic E-state index is 12.6. The van der Waals surface area contributed by atoms with Crippen LogP contribution in [0, 0.1) is 0 Å². The van der Waals surface area contributed by atoms with Crippen LogP contribution in [-0.4, -0.2) is 12.5 Å². The highest BCUT2D eigenvalue weighted by Gasteiger charge is 2.30. The minimum absolute atomic E-state index is 0.182. The van der Waals surface area contributed by atoms with Crippen LogP contribution in [0.2, 0.25) is 0 Å². The number of halogens is 3. The molecule has 3 nitrogen and oxygen atoms in total. The summed E-state index contributed by atoms with van der Waals surface area (Å²) < 4.78 is 37.7. The Morgan fingerprint density at radius 3 is 2.20 bits per heavy atom. The van der Waals surface area contributed by atoms with Crippen molar-refractivity contribution in [1.29, 1.82) is 0 Å². The topological polar surface area (TPSA) is 55.1 Å². The molecule has 0 saturated heterocycles. The van der Waals surface area contributed by atoms with Gasteiger partial charge >= 0.3 is 6.18 Å². The summed E-state index contributed by atoms with van der Waals surface area (Å²) >= 11 is 0. The Morgan fingerprint density at radius 2 is 1.64 bits per heavy atom. The minimum atomic E-state index is -4.35. The van der Waals surface area contributed by atoms with Crippen LogP contribution in [0.1, 0.15) is 42.0 Å². The van der Waals surface area contributed by atoms with Gasteiger partial charge in [-0.05, 0) is 29.2 Å². The normalized spacial score (nSPS) is 14.0. The van der Waals surface area contributed by atoms with E-state index in [0.717, 1.165) is 17.7 Å². The van der Waals surface area contributed by atoms with Gasteiger partial charge in [-0.1, -0.05) is 49.4 Å². The van der Waals surface area contributed by atoms with Crippen LogP contribution < -0.4 is 11.1 Å². The van der Waals surface area contributed by atoms with E-state index in [9.17, 15) is 18.0 Å². The smallest absolute Gasteiger partial charge is 0.354 e. The Labute approximate surface area is 145 Å². The average molecular weight is 350 g/mol. The molecule has 0 saturated carbocycles. The molecule has 6 heteroatoms. The van der Waals surface area contributed by atoms with Gasteiger partial charge in [0.1, 0.15) is 0 Å². The van der Waals surface area contributed by atoms with Gasteiger partial charge in [-0.2, -0.15) is 13.2 Å². The summed E-state index contributed by atoms with van der Waals surface area (Å²) in [7, 11) is 0. The molecule has 0 fully saturated rings. The van der Waals surface area contributed by atoms with Gasteiger partial charge in [-0.25, -0.2) is 0 Å². The Bertz CT molecular complexity index is 684. The van der Waals surface area contributed by atoms with Crippen molar-refractivity contribution < 1.29 is 18.0 Å². The van der Waals surface area contributed by atoms with Crippen molar-refractivity contribution in [2.24, 2.45) is 5.73 Å². The van der Waals surface area contributed by atoms with Crippen LogP contribution in [-0.2, 0) is 11.0 Å². The largest absolute Gasteiger partial charge is 0.416 e. The summed E-state index contributed by atoms with van der Waals surface area (Å²) in [4.78, 5) is 12.0. The van der Waals surface area contributed by atoms with E-state index in [0.29, 0.717) is 12.1 Å². The molecule has 0 heterocycles. The third-order valence-corrected chi connectivity index (χ3v) is 4.05. The Hall–Kier alpha value is -2.34. The molecule has 25 heavy (non-hydrogen) atoms. The van der Waals surface area contributed by atoms with E-state index in [1.54, 1.807) is 6.92 Å². The molecule has 0 spiro atoms. The monoisotopic (exact) mass is 350 g/mol. The first kappa shape index (κ1) is 19.0. The fourth-order valence-electron chi connectivity index (χ4n) is 2.51. The molecule has 0 aliphatic carbocycles. The van der Waals surface area contributed by atoms with Crippen molar-refractivity contribution in [2.75, 3.05) is 6.54 Å². The number of carbonyl (C=O) groups is 1. The summed E-state index contributed by atoms with van der Waals surface area (Å²) in [5.41, 5.74) is 6.95. The van der Waals surface area contributed by atoms with Crippen molar-refractivity contribution >= 4 is 5.91 Å². The number of nitrogens with two attached hydrogens (primary N) is 1. The summed E-state index contributed by atoms with van der Waals surface area (Å²) in [6, 6.07) is 14.0. The number of hydrogen-bond donors (Lipinski definition) is 2. The molecule has 2 atom stereocenters. The predicted octanol–water partition coefficient (Wildman–Crippen LogP) is 4.02. The lowest BCUT2D eigenvalue weighted by Gasteiger charge is -2.16. The Balaban J connectivity index is 1.85. The molecular weight excluding hydrogens is 329 g/mol. The number of alkyl halides is 3. The molecule has 0 aliphatic rings. The van der Waals surface area contributed by atoms with Crippen molar-refractivity contribution in [3.05, 3.63) is 71.3 Å². The summed E-state index contributed by atoms with van der Waals surface area (Å²) in [6.07, 6.45) is -4.17. The summed E-state index contributed by atoms with van der Waals surface area (Å²) in [5.74, 6) is -0.367. The molecule has 3 N–H and O–H groups in total. The van der Waals surface area contributed by atoms with E-state index in [1.165, 1.54) is 12.1 Å². The SMILES string of the molecule is CC(CC(=O)NCC(N)c1ccccc1)c1ccc(C(F)(F)F)cc1. The number of nitrogens with one attached hydrogen (secondary N) is 1. The summed E-state index contributed by atoms with van der Waals surface area (Å²) in [5, 5.41) is 2.77. The number of hydrogen-bond acceptors (Lipinski definition) is 2. The summed E-state index contributed by atoms with van der Waals surface area (Å²) in [6.45, 7) is 2.11. The number of carbonyl (C=O) groups excluding carboxylic acids is 1. The number of benzene rings is 2. The van der Waals surface area contributed by atoms with Gasteiger partial charge in [0, 0.05) is 19.0 Å². The number of amides is 1. The van der Waals surface area contributed by atoms with Crippen molar-refractivity contribution in [1.82, 2.24) is 5.32 Å². The minimum Gasteiger partial charge on any atom is -0.354 e. The van der Waals surface area contributed by atoms with Crippen molar-refractivity contribution in [3.8, 4) is 0 Å². The first-order valence-electron chi connectivity index (χ1n) is 8.01. The highest BCUT2D eigenvalue weighted by molar-refractivity contribution is 5.76. The molecule has 2 aromatic rings. The maximum Gasteiger partial charge on any atom is 0.416 e. The first-order chi connectivity index (χ1) is 11.8. The molecule has 2 unspecified atom stereocenters. The number of rotatable bonds is 6. The molecule has 1 amide bonds. The van der Waals surface area contributed by atoms with Crippen molar-refractivity contribution in [3.63, 3.8) is 0 Å². The van der Waals surface area contributed by atoms with E-state index < -0.39 is 11.7 Å². The zero-order valence-corrected chi connectivity index (χ0v) is 13.9. The lowest BCUT2D eigenvalue weighted by Crippen LogP contribution is -2.32. The lowest BCUT2D eigenvalue weighted by atomic mass is 9.96. The highest BCUT2D eigenvalue weighted by atomic mass is 19.4. The van der Waals surface area contributed by atoms with E-state index in [-0.39, 0.29) is 24.3 Å². The highest BCUT2D eigenvalue weighted by Crippen LogP contribution is 2.30. The third kappa shape index (κ3) is 5.60. The van der Waals surface area contributed by atoms with Crippen LogP contribution >= 0.6 is 0 Å². The second-order valence-corrected chi connectivity index (χ2v) is 6.05. The standard InChI is InChI=1S/C19H21F3N2O/c1-13(14-7-9-16(10-8-14)19(20,21)22)11-18(25)24-12-17(23)15-5-3-2-4-6-15/h2-10,13,17H,11-12,23H2,1H3,(H,24,25). The quantitative estimate of drug-likeness (QED) is 0.827. The van der Waals surface area contributed by atoms with Gasteiger partial charge in [0.05, 0.1) is 5.56 Å². The molecular formula is C19H21F3N2O. The third-order valence-electron chi connectivity index (χ3n) is 4.05. The van der Waals surface area contributed by atoms with Gasteiger partial charge < -0.3 is 11.1 Å². The van der Waals surface area contributed by atoms with Crippen molar-refractivity contribution in [2.45, 2.75) is 31.5 Å². The van der Waals surface area contributed by atoms with Crippen LogP contribution in [0.3, 0.4) is 0 Å². The van der Waals surface area contributed by atoms with E-state index in [4.69, 9.17) is 5.73 Å². The lowest BCUT2D eigenvalue weighted by molar-refractivity contribution is -0.137. The second kappa shape index (κ2) is 8.16. The molecule has 0 aliphatic heterocycles. The Kier molecular flexibility index (Phi) is 6.20. The van der Waals surface area contributed by atoms with Gasteiger partial charge in [-0.3, -0.25) is 4.79 Å². The zero-order valence-electron chi connectivity index (χ0n) is 13.9. The molecule has 0 aromatic heterocycles. The Morgan fingerprint density at radius 1 is 1.04 bits per heavy atom. The fourth-order valence-corrected chi connectivity index (χ4v) is 2.51. The molecule has 134 valence electrons.